The molecular formula is C23H34ClNO5S. The van der Waals surface area contributed by atoms with Crippen LogP contribution in [0.4, 0.5) is 0 Å². The normalized spacial score (nSPS) is 23.0. The zero-order chi connectivity index (χ0) is 21.6. The third-order valence-corrected chi connectivity index (χ3v) is 8.47. The molecule has 1 amide bonds. The molecule has 1 aromatic rings. The highest BCUT2D eigenvalue weighted by Gasteiger charge is 2.39. The van der Waals surface area contributed by atoms with Gasteiger partial charge in [-0.05, 0) is 55.2 Å². The van der Waals surface area contributed by atoms with Crippen LogP contribution in [0.5, 0.6) is 5.75 Å². The zero-order valence-corrected chi connectivity index (χ0v) is 19.6. The number of aliphatic hydroxyl groups excluding tert-OH is 1. The van der Waals surface area contributed by atoms with Crippen molar-refractivity contribution in [2.24, 2.45) is 11.3 Å². The minimum atomic E-state index is -3.27. The van der Waals surface area contributed by atoms with Gasteiger partial charge in [0.2, 0.25) is 0 Å². The Morgan fingerprint density at radius 2 is 1.94 bits per heavy atom. The molecule has 3 rings (SSSR count). The molecule has 0 aliphatic heterocycles. The Morgan fingerprint density at radius 1 is 1.23 bits per heavy atom. The fourth-order valence-electron chi connectivity index (χ4n) is 4.87. The van der Waals surface area contributed by atoms with Gasteiger partial charge in [0, 0.05) is 13.2 Å². The molecule has 31 heavy (non-hydrogen) atoms. The molecule has 2 N–H and O–H groups in total. The van der Waals surface area contributed by atoms with E-state index >= 15 is 0 Å². The Kier molecular flexibility index (Phi) is 9.65. The minimum absolute atomic E-state index is 0. The molecule has 0 atom stereocenters. The van der Waals surface area contributed by atoms with E-state index in [0.29, 0.717) is 22.9 Å². The number of aliphatic hydroxyl groups is 1. The number of hydrogen-bond donors (Lipinski definition) is 2. The molecule has 0 saturated heterocycles. The highest BCUT2D eigenvalue weighted by Crippen LogP contribution is 2.48. The maximum Gasteiger partial charge on any atom is 0.252 e. The summed E-state index contributed by atoms with van der Waals surface area (Å²) < 4.78 is 29.3. The lowest BCUT2D eigenvalue weighted by molar-refractivity contribution is 0.0681. The van der Waals surface area contributed by atoms with Crippen molar-refractivity contribution in [3.63, 3.8) is 0 Å². The molecule has 2 aliphatic carbocycles. The lowest BCUT2D eigenvalue weighted by Gasteiger charge is -2.45. The smallest absolute Gasteiger partial charge is 0.252 e. The van der Waals surface area contributed by atoms with E-state index in [1.54, 1.807) is 18.2 Å². The fraction of sp³-hybridized carbons (Fsp3) is 0.652. The minimum Gasteiger partial charge on any atom is -0.493 e. The standard InChI is InChI=1S/C22H32ClNO5S.CH2/c23-20-7-6-18(29-11-13-30(27,28)12-3-10-25)14-19(20)21(26)24-16-22-8-1-4-17(15-22)5-2-9-22;/h6-7,14,17,25H,1-5,8-13,15-16H2,(H,24,26);1H2. The molecule has 0 unspecified atom stereocenters. The number of halogens is 1. The summed E-state index contributed by atoms with van der Waals surface area (Å²) in [5.74, 6) is 0.793. The van der Waals surface area contributed by atoms with Gasteiger partial charge in [0.15, 0.2) is 9.84 Å². The van der Waals surface area contributed by atoms with Crippen LogP contribution >= 0.6 is 11.6 Å². The van der Waals surface area contributed by atoms with E-state index in [1.807, 2.05) is 0 Å². The van der Waals surface area contributed by atoms with Crippen molar-refractivity contribution in [3.8, 4) is 5.75 Å². The molecule has 2 saturated carbocycles. The van der Waals surface area contributed by atoms with Gasteiger partial charge in [-0.1, -0.05) is 44.7 Å². The summed E-state index contributed by atoms with van der Waals surface area (Å²) in [5, 5.41) is 12.2. The first-order chi connectivity index (χ1) is 14.3. The highest BCUT2D eigenvalue weighted by molar-refractivity contribution is 7.91. The van der Waals surface area contributed by atoms with Crippen LogP contribution in [0.1, 0.15) is 61.7 Å². The van der Waals surface area contributed by atoms with Crippen LogP contribution in [0, 0.1) is 18.8 Å². The first-order valence-electron chi connectivity index (χ1n) is 10.8. The largest absolute Gasteiger partial charge is 0.493 e. The van der Waals surface area contributed by atoms with E-state index < -0.39 is 9.84 Å². The molecule has 6 nitrogen and oxygen atoms in total. The quantitative estimate of drug-likeness (QED) is 0.539. The second-order valence-electron chi connectivity index (χ2n) is 8.76. The molecule has 2 bridgehead atoms. The number of benzene rings is 1. The SMILES string of the molecule is O=C(NCC12CCCC(CCC1)C2)c1cc(OCCS(=O)(=O)CCCO)ccc1Cl.[CH2]. The first kappa shape index (κ1) is 25.9. The molecule has 174 valence electrons. The van der Waals surface area contributed by atoms with E-state index in [1.165, 1.54) is 44.9 Å². The molecule has 2 fully saturated rings. The Hall–Kier alpha value is -1.31. The van der Waals surface area contributed by atoms with Crippen molar-refractivity contribution >= 4 is 27.3 Å². The van der Waals surface area contributed by atoms with Crippen molar-refractivity contribution in [2.45, 2.75) is 51.4 Å². The van der Waals surface area contributed by atoms with E-state index in [4.69, 9.17) is 21.4 Å². The van der Waals surface area contributed by atoms with Crippen LogP contribution in [0.3, 0.4) is 0 Å². The average molecular weight is 472 g/mol. The number of carbonyl (C=O) groups excluding carboxylic acids is 1. The van der Waals surface area contributed by atoms with Crippen molar-refractivity contribution in [1.82, 2.24) is 5.32 Å². The summed E-state index contributed by atoms with van der Waals surface area (Å²) in [6.07, 6.45) is 8.88. The van der Waals surface area contributed by atoms with Crippen LogP contribution in [-0.4, -0.2) is 50.7 Å². The third kappa shape index (κ3) is 7.36. The van der Waals surface area contributed by atoms with Crippen LogP contribution in [-0.2, 0) is 9.84 Å². The van der Waals surface area contributed by atoms with Gasteiger partial charge < -0.3 is 15.2 Å². The molecule has 0 aromatic heterocycles. The topological polar surface area (TPSA) is 92.7 Å². The van der Waals surface area contributed by atoms with Gasteiger partial charge in [-0.3, -0.25) is 4.79 Å². The number of amides is 1. The molecule has 0 heterocycles. The van der Waals surface area contributed by atoms with Gasteiger partial charge in [-0.25, -0.2) is 8.42 Å². The van der Waals surface area contributed by atoms with Crippen LogP contribution < -0.4 is 10.1 Å². The second-order valence-corrected chi connectivity index (χ2v) is 11.5. The molecule has 2 radical (unpaired) electrons. The van der Waals surface area contributed by atoms with Gasteiger partial charge in [0.1, 0.15) is 12.4 Å². The summed E-state index contributed by atoms with van der Waals surface area (Å²) in [4.78, 5) is 12.8. The Labute approximate surface area is 191 Å². The Bertz CT molecular complexity index is 832. The first-order valence-corrected chi connectivity index (χ1v) is 13.0. The monoisotopic (exact) mass is 471 g/mol. The van der Waals surface area contributed by atoms with Crippen LogP contribution in [0.25, 0.3) is 0 Å². The van der Waals surface area contributed by atoms with Crippen LogP contribution in [0.2, 0.25) is 5.02 Å². The third-order valence-electron chi connectivity index (χ3n) is 6.44. The Morgan fingerprint density at radius 3 is 2.61 bits per heavy atom. The molecule has 8 heteroatoms. The number of hydrogen-bond acceptors (Lipinski definition) is 5. The zero-order valence-electron chi connectivity index (χ0n) is 18.1. The summed E-state index contributed by atoms with van der Waals surface area (Å²) in [6.45, 7) is 0.505. The highest BCUT2D eigenvalue weighted by atomic mass is 35.5. The number of fused-ring (bicyclic) bond motifs is 2. The van der Waals surface area contributed by atoms with Crippen molar-refractivity contribution in [1.29, 1.82) is 0 Å². The van der Waals surface area contributed by atoms with Gasteiger partial charge in [0.05, 0.1) is 22.1 Å². The predicted octanol–water partition coefficient (Wildman–Crippen LogP) is 3.93. The molecular weight excluding hydrogens is 438 g/mol. The van der Waals surface area contributed by atoms with Crippen molar-refractivity contribution in [3.05, 3.63) is 36.2 Å². The predicted molar refractivity (Wildman–Crippen MR) is 123 cm³/mol. The number of sulfone groups is 1. The van der Waals surface area contributed by atoms with E-state index in [-0.39, 0.29) is 49.9 Å². The fourth-order valence-corrected chi connectivity index (χ4v) is 6.19. The number of rotatable bonds is 10. The summed E-state index contributed by atoms with van der Waals surface area (Å²) in [7, 11) is -3.27. The lowest BCUT2D eigenvalue weighted by Crippen LogP contribution is -2.43. The van der Waals surface area contributed by atoms with E-state index in [2.05, 4.69) is 5.32 Å². The number of carbonyl (C=O) groups is 1. The molecule has 1 aromatic carbocycles. The summed E-state index contributed by atoms with van der Waals surface area (Å²) in [6, 6.07) is 4.80. The van der Waals surface area contributed by atoms with Crippen LogP contribution in [0.15, 0.2) is 18.2 Å². The van der Waals surface area contributed by atoms with Crippen molar-refractivity contribution < 1.29 is 23.1 Å². The average Bonchev–Trinajstić information content (AvgIpc) is 2.72. The molecule has 0 spiro atoms. The van der Waals surface area contributed by atoms with E-state index in [0.717, 1.165) is 5.92 Å². The van der Waals surface area contributed by atoms with E-state index in [9.17, 15) is 13.2 Å². The van der Waals surface area contributed by atoms with Gasteiger partial charge in [-0.15, -0.1) is 0 Å². The van der Waals surface area contributed by atoms with Gasteiger partial charge >= 0.3 is 0 Å². The Balaban J connectivity index is 0.00000341. The maximum absolute atomic E-state index is 12.8. The lowest BCUT2D eigenvalue weighted by atomic mass is 9.62. The second kappa shape index (κ2) is 11.5. The molecule has 2 aliphatic rings. The summed E-state index contributed by atoms with van der Waals surface area (Å²) in [5.41, 5.74) is 0.567. The number of nitrogens with one attached hydrogen (secondary N) is 1. The number of ether oxygens (including phenoxy) is 1. The van der Waals surface area contributed by atoms with Gasteiger partial charge in [0.25, 0.3) is 5.91 Å². The van der Waals surface area contributed by atoms with Crippen molar-refractivity contribution in [2.75, 3.05) is 31.3 Å². The maximum atomic E-state index is 12.8. The van der Waals surface area contributed by atoms with Gasteiger partial charge in [-0.2, -0.15) is 0 Å². The summed E-state index contributed by atoms with van der Waals surface area (Å²) >= 11 is 6.24.